The number of hydrogen-bond donors (Lipinski definition) is 1. The SMILES string of the molecule is CN(Cc1ccccc1)C(=O)/C=C/c1ccc(OCC(N)=O)cc1. The number of amides is 2. The minimum Gasteiger partial charge on any atom is -0.484 e. The van der Waals surface area contributed by atoms with Crippen LogP contribution in [0.4, 0.5) is 0 Å². The molecule has 2 aromatic rings. The predicted octanol–water partition coefficient (Wildman–Crippen LogP) is 2.22. The summed E-state index contributed by atoms with van der Waals surface area (Å²) in [7, 11) is 1.76. The molecule has 0 aromatic heterocycles. The van der Waals surface area contributed by atoms with Crippen molar-refractivity contribution in [3.8, 4) is 5.75 Å². The maximum atomic E-state index is 12.1. The van der Waals surface area contributed by atoms with Crippen molar-refractivity contribution < 1.29 is 14.3 Å². The molecule has 5 heteroatoms. The molecule has 0 saturated carbocycles. The highest BCUT2D eigenvalue weighted by Gasteiger charge is 2.05. The smallest absolute Gasteiger partial charge is 0.255 e. The average Bonchev–Trinajstić information content (AvgIpc) is 2.59. The molecular weight excluding hydrogens is 304 g/mol. The summed E-state index contributed by atoms with van der Waals surface area (Å²) >= 11 is 0. The number of carbonyl (C=O) groups is 2. The van der Waals surface area contributed by atoms with Gasteiger partial charge in [0.05, 0.1) is 0 Å². The standard InChI is InChI=1S/C19H20N2O3/c1-21(13-16-5-3-2-4-6-16)19(23)12-9-15-7-10-17(11-8-15)24-14-18(20)22/h2-12H,13-14H2,1H3,(H2,20,22)/b12-9+. The van der Waals surface area contributed by atoms with Crippen LogP contribution in [0.3, 0.4) is 0 Å². The van der Waals surface area contributed by atoms with E-state index in [0.29, 0.717) is 12.3 Å². The third-order valence-corrected chi connectivity index (χ3v) is 3.32. The largest absolute Gasteiger partial charge is 0.484 e. The van der Waals surface area contributed by atoms with Gasteiger partial charge in [-0.05, 0) is 29.3 Å². The van der Waals surface area contributed by atoms with Crippen LogP contribution in [0.1, 0.15) is 11.1 Å². The molecule has 0 bridgehead atoms. The molecule has 24 heavy (non-hydrogen) atoms. The normalized spacial score (nSPS) is 10.5. The summed E-state index contributed by atoms with van der Waals surface area (Å²) in [6.07, 6.45) is 3.27. The molecule has 0 atom stereocenters. The topological polar surface area (TPSA) is 72.6 Å². The highest BCUT2D eigenvalue weighted by Crippen LogP contribution is 2.13. The molecule has 0 aliphatic heterocycles. The van der Waals surface area contributed by atoms with Gasteiger partial charge in [0.15, 0.2) is 6.61 Å². The summed E-state index contributed by atoms with van der Waals surface area (Å²) in [4.78, 5) is 24.4. The number of benzene rings is 2. The van der Waals surface area contributed by atoms with E-state index >= 15 is 0 Å². The van der Waals surface area contributed by atoms with Crippen LogP contribution in [-0.4, -0.2) is 30.4 Å². The van der Waals surface area contributed by atoms with Gasteiger partial charge in [-0.3, -0.25) is 9.59 Å². The van der Waals surface area contributed by atoms with Gasteiger partial charge in [0.25, 0.3) is 5.91 Å². The number of carbonyl (C=O) groups excluding carboxylic acids is 2. The Kier molecular flexibility index (Phi) is 6.14. The van der Waals surface area contributed by atoms with E-state index in [4.69, 9.17) is 10.5 Å². The van der Waals surface area contributed by atoms with E-state index in [1.807, 2.05) is 30.3 Å². The van der Waals surface area contributed by atoms with E-state index in [9.17, 15) is 9.59 Å². The Balaban J connectivity index is 1.89. The lowest BCUT2D eigenvalue weighted by Crippen LogP contribution is -2.24. The summed E-state index contributed by atoms with van der Waals surface area (Å²) in [5.41, 5.74) is 6.96. The quantitative estimate of drug-likeness (QED) is 0.794. The fourth-order valence-corrected chi connectivity index (χ4v) is 2.06. The van der Waals surface area contributed by atoms with E-state index < -0.39 is 5.91 Å². The first kappa shape index (κ1) is 17.3. The lowest BCUT2D eigenvalue weighted by atomic mass is 10.2. The summed E-state index contributed by atoms with van der Waals surface area (Å²) in [6, 6.07) is 16.9. The van der Waals surface area contributed by atoms with Gasteiger partial charge in [-0.25, -0.2) is 0 Å². The number of ether oxygens (including phenoxy) is 1. The summed E-state index contributed by atoms with van der Waals surface area (Å²) < 4.78 is 5.18. The van der Waals surface area contributed by atoms with Crippen molar-refractivity contribution in [3.63, 3.8) is 0 Å². The van der Waals surface area contributed by atoms with Crippen LogP contribution < -0.4 is 10.5 Å². The van der Waals surface area contributed by atoms with Gasteiger partial charge < -0.3 is 15.4 Å². The number of nitrogens with two attached hydrogens (primary N) is 1. The number of rotatable bonds is 7. The molecule has 0 unspecified atom stereocenters. The van der Waals surface area contributed by atoms with Gasteiger partial charge in [0.1, 0.15) is 5.75 Å². The van der Waals surface area contributed by atoms with Crippen molar-refractivity contribution >= 4 is 17.9 Å². The third-order valence-electron chi connectivity index (χ3n) is 3.32. The molecular formula is C19H20N2O3. The van der Waals surface area contributed by atoms with Crippen LogP contribution in [0.25, 0.3) is 6.08 Å². The lowest BCUT2D eigenvalue weighted by Gasteiger charge is -2.15. The second kappa shape index (κ2) is 8.53. The van der Waals surface area contributed by atoms with E-state index in [1.165, 1.54) is 6.08 Å². The molecule has 0 fully saturated rings. The Bertz CT molecular complexity index is 709. The summed E-state index contributed by atoms with van der Waals surface area (Å²) in [5, 5.41) is 0. The lowest BCUT2D eigenvalue weighted by molar-refractivity contribution is -0.125. The highest BCUT2D eigenvalue weighted by atomic mass is 16.5. The van der Waals surface area contributed by atoms with E-state index in [0.717, 1.165) is 11.1 Å². The second-order valence-corrected chi connectivity index (χ2v) is 5.34. The molecule has 0 radical (unpaired) electrons. The highest BCUT2D eigenvalue weighted by molar-refractivity contribution is 5.91. The van der Waals surface area contributed by atoms with Crippen molar-refractivity contribution in [3.05, 3.63) is 71.8 Å². The Morgan fingerprint density at radius 1 is 1.08 bits per heavy atom. The minimum absolute atomic E-state index is 0.0760. The summed E-state index contributed by atoms with van der Waals surface area (Å²) in [6.45, 7) is 0.405. The second-order valence-electron chi connectivity index (χ2n) is 5.34. The predicted molar refractivity (Wildman–Crippen MR) is 93.1 cm³/mol. The van der Waals surface area contributed by atoms with Crippen molar-refractivity contribution in [2.24, 2.45) is 5.73 Å². The molecule has 2 amide bonds. The van der Waals surface area contributed by atoms with Gasteiger partial charge in [0.2, 0.25) is 5.91 Å². The molecule has 0 saturated heterocycles. The molecule has 0 aliphatic rings. The van der Waals surface area contributed by atoms with Gasteiger partial charge in [0, 0.05) is 19.7 Å². The Hall–Kier alpha value is -3.08. The number of likely N-dealkylation sites (N-methyl/N-ethyl adjacent to an activating group) is 1. The average molecular weight is 324 g/mol. The molecule has 0 heterocycles. The monoisotopic (exact) mass is 324 g/mol. The zero-order chi connectivity index (χ0) is 17.4. The summed E-state index contributed by atoms with van der Waals surface area (Å²) in [5.74, 6) is -0.0441. The van der Waals surface area contributed by atoms with Crippen LogP contribution >= 0.6 is 0 Å². The Morgan fingerprint density at radius 2 is 1.75 bits per heavy atom. The molecule has 2 aromatic carbocycles. The van der Waals surface area contributed by atoms with Gasteiger partial charge in [-0.2, -0.15) is 0 Å². The van der Waals surface area contributed by atoms with Gasteiger partial charge in [-0.15, -0.1) is 0 Å². The maximum absolute atomic E-state index is 12.1. The van der Waals surface area contributed by atoms with Crippen molar-refractivity contribution in [2.75, 3.05) is 13.7 Å². The zero-order valence-corrected chi connectivity index (χ0v) is 13.5. The number of hydrogen-bond acceptors (Lipinski definition) is 3. The first-order valence-electron chi connectivity index (χ1n) is 7.53. The van der Waals surface area contributed by atoms with Gasteiger partial charge >= 0.3 is 0 Å². The molecule has 2 rings (SSSR count). The van der Waals surface area contributed by atoms with Crippen molar-refractivity contribution in [2.45, 2.75) is 6.54 Å². The van der Waals surface area contributed by atoms with Crippen LogP contribution in [0, 0.1) is 0 Å². The molecule has 124 valence electrons. The fourth-order valence-electron chi connectivity index (χ4n) is 2.06. The number of nitrogens with zero attached hydrogens (tertiary/aromatic N) is 1. The van der Waals surface area contributed by atoms with Crippen LogP contribution in [-0.2, 0) is 16.1 Å². The zero-order valence-electron chi connectivity index (χ0n) is 13.5. The first-order valence-corrected chi connectivity index (χ1v) is 7.53. The molecule has 0 spiro atoms. The minimum atomic E-state index is -0.522. The molecule has 5 nitrogen and oxygen atoms in total. The molecule has 2 N–H and O–H groups in total. The first-order chi connectivity index (χ1) is 11.5. The van der Waals surface area contributed by atoms with E-state index in [1.54, 1.807) is 42.3 Å². The van der Waals surface area contributed by atoms with Gasteiger partial charge in [-0.1, -0.05) is 42.5 Å². The van der Waals surface area contributed by atoms with E-state index in [-0.39, 0.29) is 12.5 Å². The Morgan fingerprint density at radius 3 is 2.38 bits per heavy atom. The van der Waals surface area contributed by atoms with Crippen LogP contribution in [0.2, 0.25) is 0 Å². The van der Waals surface area contributed by atoms with Crippen molar-refractivity contribution in [1.29, 1.82) is 0 Å². The van der Waals surface area contributed by atoms with Crippen LogP contribution in [0.15, 0.2) is 60.7 Å². The number of primary amides is 1. The Labute approximate surface area is 141 Å². The van der Waals surface area contributed by atoms with Crippen LogP contribution in [0.5, 0.6) is 5.75 Å². The third kappa shape index (κ3) is 5.61. The molecule has 0 aliphatic carbocycles. The van der Waals surface area contributed by atoms with E-state index in [2.05, 4.69) is 0 Å². The fraction of sp³-hybridized carbons (Fsp3) is 0.158. The van der Waals surface area contributed by atoms with Crippen molar-refractivity contribution in [1.82, 2.24) is 4.90 Å². The maximum Gasteiger partial charge on any atom is 0.255 e.